The molecule has 6 aliphatic rings. The molecule has 2 aliphatic heterocycles. The molecule has 2 heterocycles. The lowest BCUT2D eigenvalue weighted by atomic mass is 9.46. The molecule has 0 aromatic carbocycles. The monoisotopic (exact) mass is 418 g/mol. The van der Waals surface area contributed by atoms with E-state index < -0.39 is 11.4 Å². The molecule has 0 aromatic heterocycles. The lowest BCUT2D eigenvalue weighted by Gasteiger charge is -2.59. The fourth-order valence-corrected chi connectivity index (χ4v) is 7.91. The van der Waals surface area contributed by atoms with Crippen LogP contribution in [0.25, 0.3) is 0 Å². The highest BCUT2D eigenvalue weighted by Gasteiger charge is 2.58. The molecule has 6 fully saturated rings. The van der Waals surface area contributed by atoms with Gasteiger partial charge in [0.05, 0.1) is 19.1 Å². The van der Waals surface area contributed by atoms with Crippen LogP contribution in [0.4, 0.5) is 0 Å². The fraction of sp³-hybridized carbons (Fsp3) is 0.917. The number of carbonyl (C=O) groups excluding carboxylic acids is 2. The van der Waals surface area contributed by atoms with Gasteiger partial charge in [-0.3, -0.25) is 9.59 Å². The average Bonchev–Trinajstić information content (AvgIpc) is 3.18. The molecule has 2 amide bonds. The zero-order valence-electron chi connectivity index (χ0n) is 19.1. The lowest BCUT2D eigenvalue weighted by molar-refractivity contribution is -0.169. The Kier molecular flexibility index (Phi) is 4.79. The van der Waals surface area contributed by atoms with Crippen molar-refractivity contribution in [2.24, 2.45) is 29.1 Å². The average molecular weight is 419 g/mol. The zero-order valence-corrected chi connectivity index (χ0v) is 19.1. The Bertz CT molecular complexity index is 695. The van der Waals surface area contributed by atoms with Gasteiger partial charge in [-0.25, -0.2) is 0 Å². The molecular weight excluding hydrogens is 380 g/mol. The van der Waals surface area contributed by atoms with Crippen LogP contribution in [0.15, 0.2) is 0 Å². The van der Waals surface area contributed by atoms with Crippen molar-refractivity contribution in [3.05, 3.63) is 0 Å². The number of rotatable bonds is 4. The molecule has 4 saturated carbocycles. The van der Waals surface area contributed by atoms with Crippen LogP contribution >= 0.6 is 0 Å². The van der Waals surface area contributed by atoms with Gasteiger partial charge in [0.15, 0.2) is 0 Å². The van der Waals surface area contributed by atoms with Crippen molar-refractivity contribution in [3.8, 4) is 0 Å². The topological polar surface area (TPSA) is 59.1 Å². The van der Waals surface area contributed by atoms with E-state index in [0.29, 0.717) is 32.7 Å². The summed E-state index contributed by atoms with van der Waals surface area (Å²) in [7, 11) is 0. The minimum absolute atomic E-state index is 0.00904. The van der Waals surface area contributed by atoms with Crippen molar-refractivity contribution in [2.75, 3.05) is 26.3 Å². The standard InChI is InChI=1S/C24H38N2O4/c1-22(2)25(5-7-29-22)20(27)12-19(21(28)26-6-8-30-23(26,3)4)24-13-16-9-17(14-24)11-18(10-16)15-24/h16-19H,5-15H2,1-4H3/t16?,17?,18?,19-,24?/m0/s1. The summed E-state index contributed by atoms with van der Waals surface area (Å²) < 4.78 is 11.7. The molecule has 0 N–H and O–H groups in total. The molecule has 168 valence electrons. The molecule has 6 rings (SSSR count). The summed E-state index contributed by atoms with van der Waals surface area (Å²) in [5.74, 6) is 2.22. The Morgan fingerprint density at radius 1 is 0.833 bits per heavy atom. The van der Waals surface area contributed by atoms with E-state index in [9.17, 15) is 9.59 Å². The maximum atomic E-state index is 14.0. The van der Waals surface area contributed by atoms with Crippen molar-refractivity contribution in [1.82, 2.24) is 9.80 Å². The van der Waals surface area contributed by atoms with Gasteiger partial charge in [0.25, 0.3) is 0 Å². The van der Waals surface area contributed by atoms with Crippen LogP contribution in [-0.4, -0.2) is 59.4 Å². The Labute approximate surface area is 180 Å². The van der Waals surface area contributed by atoms with Crippen LogP contribution in [0.1, 0.15) is 72.6 Å². The van der Waals surface area contributed by atoms with E-state index in [1.54, 1.807) is 0 Å². The zero-order chi connectivity index (χ0) is 21.3. The largest absolute Gasteiger partial charge is 0.354 e. The number of carbonyl (C=O) groups is 2. The first-order chi connectivity index (χ1) is 14.1. The Balaban J connectivity index is 1.45. The first-order valence-electron chi connectivity index (χ1n) is 12.0. The highest BCUT2D eigenvalue weighted by molar-refractivity contribution is 5.87. The molecule has 4 aliphatic carbocycles. The maximum absolute atomic E-state index is 14.0. The number of nitrogens with zero attached hydrogens (tertiary/aromatic N) is 2. The van der Waals surface area contributed by atoms with E-state index >= 15 is 0 Å². The van der Waals surface area contributed by atoms with Gasteiger partial charge in [0.1, 0.15) is 11.4 Å². The second kappa shape index (κ2) is 6.93. The first kappa shape index (κ1) is 20.7. The van der Waals surface area contributed by atoms with Crippen LogP contribution in [0, 0.1) is 29.1 Å². The molecule has 0 spiro atoms. The third-order valence-corrected chi connectivity index (χ3v) is 8.91. The van der Waals surface area contributed by atoms with E-state index in [4.69, 9.17) is 9.47 Å². The normalized spacial score (nSPS) is 39.5. The van der Waals surface area contributed by atoms with Crippen LogP contribution in [0.3, 0.4) is 0 Å². The molecule has 6 heteroatoms. The predicted molar refractivity (Wildman–Crippen MR) is 112 cm³/mol. The third-order valence-electron chi connectivity index (χ3n) is 8.91. The number of hydrogen-bond acceptors (Lipinski definition) is 4. The van der Waals surface area contributed by atoms with Gasteiger partial charge in [-0.2, -0.15) is 0 Å². The first-order valence-corrected chi connectivity index (χ1v) is 12.0. The number of hydrogen-bond donors (Lipinski definition) is 0. The van der Waals surface area contributed by atoms with Crippen molar-refractivity contribution in [1.29, 1.82) is 0 Å². The summed E-state index contributed by atoms with van der Waals surface area (Å²) in [5, 5.41) is 0. The minimum Gasteiger partial charge on any atom is -0.354 e. The molecule has 0 unspecified atom stereocenters. The second-order valence-corrected chi connectivity index (χ2v) is 11.7. The van der Waals surface area contributed by atoms with Gasteiger partial charge in [-0.1, -0.05) is 0 Å². The van der Waals surface area contributed by atoms with Crippen molar-refractivity contribution < 1.29 is 19.1 Å². The van der Waals surface area contributed by atoms with Crippen molar-refractivity contribution in [2.45, 2.75) is 84.1 Å². The molecule has 2 saturated heterocycles. The maximum Gasteiger partial charge on any atom is 0.229 e. The quantitative estimate of drug-likeness (QED) is 0.702. The molecule has 30 heavy (non-hydrogen) atoms. The Hall–Kier alpha value is -1.14. The molecule has 4 bridgehead atoms. The Morgan fingerprint density at radius 2 is 1.30 bits per heavy atom. The SMILES string of the molecule is CC1(C)OCCN1C(=O)C[C@@H](C(=O)N1CCOC1(C)C)C12CC3CC(CC(C3)C1)C2. The molecule has 0 aromatic rings. The second-order valence-electron chi connectivity index (χ2n) is 11.7. The van der Waals surface area contributed by atoms with E-state index in [1.807, 2.05) is 37.5 Å². The van der Waals surface area contributed by atoms with Crippen LogP contribution < -0.4 is 0 Å². The summed E-state index contributed by atoms with van der Waals surface area (Å²) in [6.45, 7) is 10.3. The van der Waals surface area contributed by atoms with Crippen LogP contribution in [-0.2, 0) is 19.1 Å². The smallest absolute Gasteiger partial charge is 0.229 e. The highest BCUT2D eigenvalue weighted by atomic mass is 16.5. The van der Waals surface area contributed by atoms with Gasteiger partial charge in [0.2, 0.25) is 11.8 Å². The summed E-state index contributed by atoms with van der Waals surface area (Å²) in [4.78, 5) is 31.3. The van der Waals surface area contributed by atoms with Crippen molar-refractivity contribution in [3.63, 3.8) is 0 Å². The summed E-state index contributed by atoms with van der Waals surface area (Å²) >= 11 is 0. The van der Waals surface area contributed by atoms with Crippen LogP contribution in [0.5, 0.6) is 0 Å². The van der Waals surface area contributed by atoms with E-state index in [1.165, 1.54) is 19.3 Å². The van der Waals surface area contributed by atoms with Crippen LogP contribution in [0.2, 0.25) is 0 Å². The lowest BCUT2D eigenvalue weighted by Crippen LogP contribution is -2.57. The molecular formula is C24H38N2O4. The highest BCUT2D eigenvalue weighted by Crippen LogP contribution is 2.63. The van der Waals surface area contributed by atoms with E-state index in [0.717, 1.165) is 37.0 Å². The third kappa shape index (κ3) is 3.29. The minimum atomic E-state index is -0.587. The van der Waals surface area contributed by atoms with Gasteiger partial charge in [0, 0.05) is 19.5 Å². The Morgan fingerprint density at radius 3 is 1.73 bits per heavy atom. The van der Waals surface area contributed by atoms with Gasteiger partial charge >= 0.3 is 0 Å². The number of amides is 2. The van der Waals surface area contributed by atoms with Crippen molar-refractivity contribution >= 4 is 11.8 Å². The summed E-state index contributed by atoms with van der Waals surface area (Å²) in [5.41, 5.74) is -1.18. The van der Waals surface area contributed by atoms with Gasteiger partial charge in [-0.05, 0) is 89.4 Å². The fourth-order valence-electron chi connectivity index (χ4n) is 7.91. The molecule has 1 atom stereocenters. The summed E-state index contributed by atoms with van der Waals surface area (Å²) in [6, 6.07) is 0. The molecule has 6 nitrogen and oxygen atoms in total. The van der Waals surface area contributed by atoms with Gasteiger partial charge < -0.3 is 19.3 Å². The van der Waals surface area contributed by atoms with E-state index in [-0.39, 0.29) is 23.1 Å². The molecule has 0 radical (unpaired) electrons. The number of ether oxygens (including phenoxy) is 2. The van der Waals surface area contributed by atoms with Gasteiger partial charge in [-0.15, -0.1) is 0 Å². The predicted octanol–water partition coefficient (Wildman–Crippen LogP) is 3.40. The summed E-state index contributed by atoms with van der Waals surface area (Å²) in [6.07, 6.45) is 7.68. The van der Waals surface area contributed by atoms with E-state index in [2.05, 4.69) is 0 Å².